The second-order valence-electron chi connectivity index (χ2n) is 5.56. The van der Waals surface area contributed by atoms with Gasteiger partial charge >= 0.3 is 0 Å². The minimum Gasteiger partial charge on any atom is -0.259 e. The second kappa shape index (κ2) is 6.48. The van der Waals surface area contributed by atoms with E-state index in [-0.39, 0.29) is 0 Å². The quantitative estimate of drug-likeness (QED) is 0.675. The highest BCUT2D eigenvalue weighted by molar-refractivity contribution is 5.91. The Balaban J connectivity index is 1.68. The third-order valence-electron chi connectivity index (χ3n) is 4.10. The first-order valence-electron chi connectivity index (χ1n) is 7.53. The molecule has 4 nitrogen and oxygen atoms in total. The number of nitrogens with zero attached hydrogens (tertiary/aromatic N) is 3. The van der Waals surface area contributed by atoms with Crippen molar-refractivity contribution in [2.75, 3.05) is 5.43 Å². The van der Waals surface area contributed by atoms with Gasteiger partial charge in [-0.05, 0) is 24.3 Å². The van der Waals surface area contributed by atoms with Crippen LogP contribution in [0.3, 0.4) is 0 Å². The van der Waals surface area contributed by atoms with Crippen LogP contribution in [0, 0.1) is 5.92 Å². The van der Waals surface area contributed by atoms with Crippen LogP contribution >= 0.6 is 0 Å². The van der Waals surface area contributed by atoms with Gasteiger partial charge in [0.05, 0.1) is 12.4 Å². The van der Waals surface area contributed by atoms with Gasteiger partial charge in [-0.1, -0.05) is 50.1 Å². The molecule has 2 aromatic rings. The number of anilines is 1. The Bertz CT molecular complexity index is 651. The van der Waals surface area contributed by atoms with Crippen molar-refractivity contribution in [3.05, 3.63) is 42.6 Å². The summed E-state index contributed by atoms with van der Waals surface area (Å²) in [5.74, 6) is 1.27. The summed E-state index contributed by atoms with van der Waals surface area (Å²) in [6.45, 7) is 4.15. The first kappa shape index (κ1) is 13.7. The molecule has 1 saturated carbocycles. The van der Waals surface area contributed by atoms with Gasteiger partial charge in [-0.3, -0.25) is 5.43 Å². The number of fused-ring (bicyclic) bond motifs is 1. The number of nitrogens with one attached hydrogen (secondary N) is 1. The molecule has 4 heteroatoms. The van der Waals surface area contributed by atoms with Gasteiger partial charge in [0.25, 0.3) is 0 Å². The summed E-state index contributed by atoms with van der Waals surface area (Å²) in [5.41, 5.74) is 4.10. The number of allylic oxidation sites excluding steroid dienone is 1. The molecule has 21 heavy (non-hydrogen) atoms. The number of aromatic nitrogens is 2. The zero-order valence-corrected chi connectivity index (χ0v) is 12.1. The second-order valence-corrected chi connectivity index (χ2v) is 5.56. The molecular formula is C17H20N4. The molecule has 0 atom stereocenters. The lowest BCUT2D eigenvalue weighted by Gasteiger charge is -2.21. The van der Waals surface area contributed by atoms with Crippen molar-refractivity contribution in [3.63, 3.8) is 0 Å². The molecule has 0 bridgehead atoms. The normalized spacial score (nSPS) is 16.4. The van der Waals surface area contributed by atoms with E-state index in [1.54, 1.807) is 6.20 Å². The zero-order chi connectivity index (χ0) is 14.5. The smallest absolute Gasteiger partial charge is 0.176 e. The van der Waals surface area contributed by atoms with Crippen LogP contribution in [0.25, 0.3) is 10.8 Å². The van der Waals surface area contributed by atoms with Crippen LogP contribution in [0.1, 0.15) is 32.1 Å². The van der Waals surface area contributed by atoms with Gasteiger partial charge in [-0.2, -0.15) is 10.2 Å². The topological polar surface area (TPSA) is 50.2 Å². The van der Waals surface area contributed by atoms with E-state index in [9.17, 15) is 0 Å². The van der Waals surface area contributed by atoms with Crippen LogP contribution in [-0.2, 0) is 0 Å². The monoisotopic (exact) mass is 280 g/mol. The average Bonchev–Trinajstić information content (AvgIpc) is 2.56. The molecule has 1 aromatic heterocycles. The van der Waals surface area contributed by atoms with Crippen LogP contribution < -0.4 is 5.43 Å². The number of hydrogen-bond donors (Lipinski definition) is 1. The maximum absolute atomic E-state index is 4.29. The molecule has 0 amide bonds. The van der Waals surface area contributed by atoms with Crippen molar-refractivity contribution in [2.24, 2.45) is 11.0 Å². The van der Waals surface area contributed by atoms with Crippen molar-refractivity contribution < 1.29 is 0 Å². The molecule has 0 radical (unpaired) electrons. The van der Waals surface area contributed by atoms with Crippen LogP contribution in [0.4, 0.5) is 5.82 Å². The van der Waals surface area contributed by atoms with Crippen LogP contribution in [0.2, 0.25) is 0 Å². The van der Waals surface area contributed by atoms with Gasteiger partial charge in [0.1, 0.15) is 0 Å². The molecule has 1 N–H and O–H groups in total. The summed E-state index contributed by atoms with van der Waals surface area (Å²) in [6, 6.07) is 8.00. The molecular weight excluding hydrogens is 260 g/mol. The Morgan fingerprint density at radius 1 is 1.24 bits per heavy atom. The van der Waals surface area contributed by atoms with E-state index in [0.29, 0.717) is 11.7 Å². The summed E-state index contributed by atoms with van der Waals surface area (Å²) >= 11 is 0. The zero-order valence-electron chi connectivity index (χ0n) is 12.1. The Morgan fingerprint density at radius 3 is 2.90 bits per heavy atom. The van der Waals surface area contributed by atoms with E-state index in [4.69, 9.17) is 0 Å². The number of hydrazone groups is 1. The summed E-state index contributed by atoms with van der Waals surface area (Å²) < 4.78 is 0. The van der Waals surface area contributed by atoms with Crippen molar-refractivity contribution in [1.29, 1.82) is 0 Å². The predicted octanol–water partition coefficient (Wildman–Crippen LogP) is 4.16. The standard InChI is InChI=1S/C17H20N4/c1-13(14-7-3-2-4-8-14)11-18-20-17-16-10-6-5-9-15(16)12-19-21-17/h5-6,9-12,14H,1-4,7-8H2,(H,20,21). The largest absolute Gasteiger partial charge is 0.259 e. The Morgan fingerprint density at radius 2 is 2.05 bits per heavy atom. The molecule has 3 rings (SSSR count). The minimum atomic E-state index is 0.586. The molecule has 0 saturated heterocycles. The maximum atomic E-state index is 4.29. The third-order valence-corrected chi connectivity index (χ3v) is 4.10. The van der Waals surface area contributed by atoms with Gasteiger partial charge in [-0.15, -0.1) is 5.10 Å². The number of benzene rings is 1. The van der Waals surface area contributed by atoms with Gasteiger partial charge in [0.15, 0.2) is 5.82 Å². The van der Waals surface area contributed by atoms with E-state index < -0.39 is 0 Å². The van der Waals surface area contributed by atoms with Gasteiger partial charge in [-0.25, -0.2) is 0 Å². The SMILES string of the molecule is C=C(C=NNc1nncc2ccccc12)C1CCCCC1. The fraction of sp³-hybridized carbons (Fsp3) is 0.353. The van der Waals surface area contributed by atoms with E-state index in [1.807, 2.05) is 30.5 Å². The molecule has 1 heterocycles. The fourth-order valence-corrected chi connectivity index (χ4v) is 2.87. The average molecular weight is 280 g/mol. The lowest BCUT2D eigenvalue weighted by atomic mass is 9.85. The Hall–Kier alpha value is -2.23. The van der Waals surface area contributed by atoms with E-state index >= 15 is 0 Å². The van der Waals surface area contributed by atoms with Crippen molar-refractivity contribution >= 4 is 22.8 Å². The lowest BCUT2D eigenvalue weighted by Crippen LogP contribution is -2.09. The number of rotatable bonds is 4. The molecule has 1 aliphatic carbocycles. The van der Waals surface area contributed by atoms with Crippen LogP contribution in [0.5, 0.6) is 0 Å². The highest BCUT2D eigenvalue weighted by Crippen LogP contribution is 2.28. The van der Waals surface area contributed by atoms with Gasteiger partial charge in [0.2, 0.25) is 0 Å². The van der Waals surface area contributed by atoms with Crippen LogP contribution in [0.15, 0.2) is 47.7 Å². The van der Waals surface area contributed by atoms with Gasteiger partial charge < -0.3 is 0 Å². The first-order valence-corrected chi connectivity index (χ1v) is 7.53. The summed E-state index contributed by atoms with van der Waals surface area (Å²) in [5, 5.41) is 14.5. The fourth-order valence-electron chi connectivity index (χ4n) is 2.87. The molecule has 0 aliphatic heterocycles. The van der Waals surface area contributed by atoms with Crippen molar-refractivity contribution in [2.45, 2.75) is 32.1 Å². The van der Waals surface area contributed by atoms with Gasteiger partial charge in [0, 0.05) is 10.8 Å². The van der Waals surface area contributed by atoms with Crippen LogP contribution in [-0.4, -0.2) is 16.4 Å². The summed E-state index contributed by atoms with van der Waals surface area (Å²) in [4.78, 5) is 0. The minimum absolute atomic E-state index is 0.586. The third kappa shape index (κ3) is 3.27. The molecule has 1 aliphatic rings. The molecule has 108 valence electrons. The van der Waals surface area contributed by atoms with Crippen molar-refractivity contribution in [1.82, 2.24) is 10.2 Å². The molecule has 0 spiro atoms. The van der Waals surface area contributed by atoms with Crippen molar-refractivity contribution in [3.8, 4) is 0 Å². The molecule has 1 aromatic carbocycles. The number of hydrogen-bond acceptors (Lipinski definition) is 4. The van der Waals surface area contributed by atoms with E-state index in [2.05, 4.69) is 27.3 Å². The maximum Gasteiger partial charge on any atom is 0.176 e. The molecule has 1 fully saturated rings. The highest BCUT2D eigenvalue weighted by atomic mass is 15.3. The van der Waals surface area contributed by atoms with E-state index in [1.165, 1.54) is 32.1 Å². The predicted molar refractivity (Wildman–Crippen MR) is 87.4 cm³/mol. The highest BCUT2D eigenvalue weighted by Gasteiger charge is 2.14. The first-order chi connectivity index (χ1) is 10.3. The lowest BCUT2D eigenvalue weighted by molar-refractivity contribution is 0.413. The summed E-state index contributed by atoms with van der Waals surface area (Å²) in [6.07, 6.45) is 10.0. The Labute approximate surface area is 125 Å². The Kier molecular flexibility index (Phi) is 4.24. The molecule has 0 unspecified atom stereocenters. The van der Waals surface area contributed by atoms with E-state index in [0.717, 1.165) is 16.3 Å². The summed E-state index contributed by atoms with van der Waals surface area (Å²) in [7, 11) is 0.